The fourth-order valence-electron chi connectivity index (χ4n) is 3.53. The lowest BCUT2D eigenvalue weighted by Crippen LogP contribution is -2.38. The van der Waals surface area contributed by atoms with Gasteiger partial charge in [-0.3, -0.25) is 19.3 Å². The maximum absolute atomic E-state index is 12.5. The average molecular weight is 477 g/mol. The summed E-state index contributed by atoms with van der Waals surface area (Å²) in [4.78, 5) is 43.1. The third-order valence-electron chi connectivity index (χ3n) is 5.53. The van der Waals surface area contributed by atoms with Gasteiger partial charge in [0.25, 0.3) is 5.56 Å². The van der Waals surface area contributed by atoms with Gasteiger partial charge >= 0.3 is 13.3 Å². The SMILES string of the molecule is CCC(C)(O)P(=O)(O)OC(C)(C)C[C@H]1O[C@@H](n2c(=O)[nH]c3c(=O)[nH]c(N)nc32)[C@H](O)[C@@H]1O. The molecule has 1 aliphatic heterocycles. The number of nitrogens with zero attached hydrogens (tertiary/aromatic N) is 2. The maximum Gasteiger partial charge on any atom is 0.359 e. The summed E-state index contributed by atoms with van der Waals surface area (Å²) in [6.45, 7) is 5.61. The quantitative estimate of drug-likeness (QED) is 0.242. The molecule has 15 heteroatoms. The molecule has 0 aliphatic carbocycles. The summed E-state index contributed by atoms with van der Waals surface area (Å²) in [7, 11) is -4.49. The zero-order valence-electron chi connectivity index (χ0n) is 18.0. The van der Waals surface area contributed by atoms with Crippen molar-refractivity contribution in [3.05, 3.63) is 20.8 Å². The molecule has 0 bridgehead atoms. The Morgan fingerprint density at radius 1 is 1.25 bits per heavy atom. The number of nitrogen functional groups attached to an aromatic ring is 1. The Balaban J connectivity index is 1.89. The van der Waals surface area contributed by atoms with Gasteiger partial charge in [-0.1, -0.05) is 6.92 Å². The molecule has 1 aliphatic rings. The predicted molar refractivity (Wildman–Crippen MR) is 112 cm³/mol. The van der Waals surface area contributed by atoms with E-state index in [2.05, 4.69) is 15.0 Å². The number of nitrogens with one attached hydrogen (secondary N) is 2. The third kappa shape index (κ3) is 4.27. The van der Waals surface area contributed by atoms with Gasteiger partial charge in [-0.25, -0.2) is 9.36 Å². The third-order valence-corrected chi connectivity index (χ3v) is 7.81. The van der Waals surface area contributed by atoms with Crippen LogP contribution in [0.15, 0.2) is 9.59 Å². The smallest absolute Gasteiger partial charge is 0.359 e. The first kappa shape index (κ1) is 24.6. The van der Waals surface area contributed by atoms with Crippen molar-refractivity contribution in [2.45, 2.75) is 76.0 Å². The minimum atomic E-state index is -4.49. The maximum atomic E-state index is 12.5. The second-order valence-electron chi connectivity index (χ2n) is 8.64. The lowest BCUT2D eigenvalue weighted by atomic mass is 9.97. The van der Waals surface area contributed by atoms with Crippen molar-refractivity contribution in [1.29, 1.82) is 0 Å². The topological polar surface area (TPSA) is 226 Å². The Kier molecular flexibility index (Phi) is 6.19. The highest BCUT2D eigenvalue weighted by Gasteiger charge is 2.50. The summed E-state index contributed by atoms with van der Waals surface area (Å²) in [6, 6.07) is 0. The van der Waals surface area contributed by atoms with E-state index < -0.39 is 54.3 Å². The number of imidazole rings is 1. The van der Waals surface area contributed by atoms with Crippen molar-refractivity contribution < 1.29 is 34.0 Å². The van der Waals surface area contributed by atoms with Crippen LogP contribution in [0.2, 0.25) is 0 Å². The van der Waals surface area contributed by atoms with E-state index in [-0.39, 0.29) is 30.0 Å². The summed E-state index contributed by atoms with van der Waals surface area (Å²) >= 11 is 0. The van der Waals surface area contributed by atoms with Crippen LogP contribution in [-0.2, 0) is 13.8 Å². The molecule has 2 unspecified atom stereocenters. The van der Waals surface area contributed by atoms with Crippen molar-refractivity contribution in [2.24, 2.45) is 0 Å². The summed E-state index contributed by atoms with van der Waals surface area (Å²) in [5.74, 6) is -0.268. The van der Waals surface area contributed by atoms with Crippen molar-refractivity contribution in [3.8, 4) is 0 Å². The number of hydrogen-bond donors (Lipinski definition) is 7. The van der Waals surface area contributed by atoms with E-state index in [1.807, 2.05) is 0 Å². The Labute approximate surface area is 181 Å². The Morgan fingerprint density at radius 2 is 1.88 bits per heavy atom. The number of ether oxygens (including phenoxy) is 1. The Morgan fingerprint density at radius 3 is 2.47 bits per heavy atom. The number of anilines is 1. The number of aliphatic hydroxyl groups excluding tert-OH is 2. The van der Waals surface area contributed by atoms with E-state index in [0.717, 1.165) is 4.57 Å². The highest BCUT2D eigenvalue weighted by atomic mass is 31.2. The molecule has 2 aromatic heterocycles. The number of H-pyrrole nitrogens is 2. The molecule has 8 N–H and O–H groups in total. The van der Waals surface area contributed by atoms with Crippen LogP contribution in [0.1, 0.15) is 46.8 Å². The number of nitrogens with two attached hydrogens (primary N) is 1. The normalized spacial score (nSPS) is 28.0. The van der Waals surface area contributed by atoms with Gasteiger partial charge in [0, 0.05) is 6.42 Å². The van der Waals surface area contributed by atoms with Gasteiger partial charge in [-0.15, -0.1) is 0 Å². The second kappa shape index (κ2) is 8.06. The summed E-state index contributed by atoms with van der Waals surface area (Å²) < 4.78 is 24.4. The number of fused-ring (bicyclic) bond motifs is 1. The lowest BCUT2D eigenvalue weighted by Gasteiger charge is -2.35. The zero-order valence-corrected chi connectivity index (χ0v) is 18.9. The van der Waals surface area contributed by atoms with Crippen molar-refractivity contribution >= 4 is 24.7 Å². The van der Waals surface area contributed by atoms with Gasteiger partial charge in [-0.2, -0.15) is 4.98 Å². The van der Waals surface area contributed by atoms with Gasteiger partial charge in [0.2, 0.25) is 5.95 Å². The molecule has 2 aromatic rings. The van der Waals surface area contributed by atoms with Crippen LogP contribution in [0.3, 0.4) is 0 Å². The highest BCUT2D eigenvalue weighted by Crippen LogP contribution is 2.58. The van der Waals surface area contributed by atoms with E-state index in [4.69, 9.17) is 15.0 Å². The van der Waals surface area contributed by atoms with Crippen molar-refractivity contribution in [3.63, 3.8) is 0 Å². The Hall–Kier alpha value is -2.06. The molecular weight excluding hydrogens is 449 g/mol. The van der Waals surface area contributed by atoms with E-state index in [1.54, 1.807) is 0 Å². The highest BCUT2D eigenvalue weighted by molar-refractivity contribution is 7.54. The van der Waals surface area contributed by atoms with Crippen molar-refractivity contribution in [1.82, 2.24) is 19.5 Å². The Bertz CT molecular complexity index is 1170. The van der Waals surface area contributed by atoms with Crippen LogP contribution in [0, 0.1) is 0 Å². The molecule has 0 aromatic carbocycles. The molecule has 32 heavy (non-hydrogen) atoms. The van der Waals surface area contributed by atoms with Gasteiger partial charge < -0.3 is 35.2 Å². The molecule has 14 nitrogen and oxygen atoms in total. The lowest BCUT2D eigenvalue weighted by molar-refractivity contribution is -0.0645. The van der Waals surface area contributed by atoms with Gasteiger partial charge in [0.15, 0.2) is 22.7 Å². The van der Waals surface area contributed by atoms with E-state index in [9.17, 15) is 34.4 Å². The van der Waals surface area contributed by atoms with E-state index in [0.29, 0.717) is 0 Å². The fraction of sp³-hybridized carbons (Fsp3) is 0.706. The molecule has 180 valence electrons. The molecule has 0 radical (unpaired) electrons. The summed E-state index contributed by atoms with van der Waals surface area (Å²) in [5.41, 5.74) is 2.27. The van der Waals surface area contributed by atoms with Crippen molar-refractivity contribution in [2.75, 3.05) is 5.73 Å². The largest absolute Gasteiger partial charge is 0.388 e. The average Bonchev–Trinajstić information content (AvgIpc) is 3.11. The van der Waals surface area contributed by atoms with Crippen LogP contribution in [-0.4, -0.2) is 69.0 Å². The molecule has 0 spiro atoms. The molecule has 6 atom stereocenters. The monoisotopic (exact) mass is 477 g/mol. The van der Waals surface area contributed by atoms with Gasteiger partial charge in [0.1, 0.15) is 12.2 Å². The molecule has 3 heterocycles. The molecule has 0 amide bonds. The van der Waals surface area contributed by atoms with Crippen LogP contribution in [0.25, 0.3) is 11.2 Å². The predicted octanol–water partition coefficient (Wildman–Crippen LogP) is -0.896. The van der Waals surface area contributed by atoms with Gasteiger partial charge in [-0.05, 0) is 27.2 Å². The molecule has 3 rings (SSSR count). The fourth-order valence-corrected chi connectivity index (χ4v) is 4.87. The summed E-state index contributed by atoms with van der Waals surface area (Å²) in [6.07, 6.45) is -5.90. The molecule has 1 fully saturated rings. The number of aliphatic hydroxyl groups is 3. The molecule has 1 saturated heterocycles. The summed E-state index contributed by atoms with van der Waals surface area (Å²) in [5, 5.41) is 29.2. The minimum Gasteiger partial charge on any atom is -0.388 e. The molecular formula is C17H28N5O9P. The first-order chi connectivity index (χ1) is 14.6. The number of hydrogen-bond acceptors (Lipinski definition) is 10. The van der Waals surface area contributed by atoms with Crippen LogP contribution >= 0.6 is 7.60 Å². The van der Waals surface area contributed by atoms with Crippen LogP contribution < -0.4 is 17.0 Å². The number of rotatable bonds is 7. The van der Waals surface area contributed by atoms with E-state index in [1.165, 1.54) is 27.7 Å². The minimum absolute atomic E-state index is 0.0427. The van der Waals surface area contributed by atoms with Gasteiger partial charge in [0.05, 0.1) is 11.7 Å². The number of aromatic nitrogens is 4. The van der Waals surface area contributed by atoms with Crippen LogP contribution in [0.4, 0.5) is 5.95 Å². The standard InChI is InChI=1S/C17H28N5O9P/c1-5-17(4,27)32(28,29)31-16(2,3)6-7-9(23)10(24)13(30-7)22-11-8(19-15(22)26)12(25)21-14(18)20-11/h7,9-10,13,23-24,27H,5-6H2,1-4H3,(H,19,26)(H,28,29)(H3,18,20,21,25)/t7-,9-,10-,13-,17?/m1/s1. The first-order valence-electron chi connectivity index (χ1n) is 9.88. The molecule has 0 saturated carbocycles. The van der Waals surface area contributed by atoms with E-state index >= 15 is 0 Å². The number of aromatic amines is 2. The zero-order chi connectivity index (χ0) is 24.2. The van der Waals surface area contributed by atoms with Crippen LogP contribution in [0.5, 0.6) is 0 Å². The first-order valence-corrected chi connectivity index (χ1v) is 11.5. The second-order valence-corrected chi connectivity index (χ2v) is 10.8.